The van der Waals surface area contributed by atoms with E-state index in [4.69, 9.17) is 14.2 Å². The molecule has 0 spiro atoms. The number of hydrogen-bond acceptors (Lipinski definition) is 6. The molecule has 0 amide bonds. The zero-order chi connectivity index (χ0) is 53.6. The van der Waals surface area contributed by atoms with Gasteiger partial charge in [-0.05, 0) is 96.3 Å². The second kappa shape index (κ2) is 63.2. The fraction of sp³-hybridized carbons (Fsp3) is 0.868. The van der Waals surface area contributed by atoms with Crippen LogP contribution in [0.4, 0.5) is 0 Å². The number of unbranched alkanes of at least 4 members (excludes halogenated alkanes) is 44. The van der Waals surface area contributed by atoms with Crippen molar-refractivity contribution in [2.24, 2.45) is 0 Å². The van der Waals surface area contributed by atoms with Crippen LogP contribution in [0.3, 0.4) is 0 Å². The van der Waals surface area contributed by atoms with Gasteiger partial charge < -0.3 is 14.2 Å². The zero-order valence-corrected chi connectivity index (χ0v) is 49.9. The first-order valence-electron chi connectivity index (χ1n) is 33.0. The van der Waals surface area contributed by atoms with E-state index in [0.717, 1.165) is 64.2 Å². The number of allylic oxidation sites excluding steroid dienone is 6. The van der Waals surface area contributed by atoms with Gasteiger partial charge in [0.15, 0.2) is 6.10 Å². The number of carbonyl (C=O) groups excluding carboxylic acids is 3. The van der Waals surface area contributed by atoms with Crippen molar-refractivity contribution in [1.82, 2.24) is 0 Å². The fourth-order valence-electron chi connectivity index (χ4n) is 9.84. The van der Waals surface area contributed by atoms with Crippen LogP contribution in [0.15, 0.2) is 36.5 Å². The van der Waals surface area contributed by atoms with Crippen molar-refractivity contribution in [1.29, 1.82) is 0 Å². The van der Waals surface area contributed by atoms with Crippen LogP contribution >= 0.6 is 0 Å². The molecule has 0 bridgehead atoms. The molecule has 0 aliphatic rings. The summed E-state index contributed by atoms with van der Waals surface area (Å²) in [5.41, 5.74) is 0. The lowest BCUT2D eigenvalue weighted by Gasteiger charge is -2.18. The van der Waals surface area contributed by atoms with Gasteiger partial charge in [-0.15, -0.1) is 0 Å². The first kappa shape index (κ1) is 71.6. The van der Waals surface area contributed by atoms with Gasteiger partial charge in [0, 0.05) is 19.3 Å². The summed E-state index contributed by atoms with van der Waals surface area (Å²) < 4.78 is 16.9. The van der Waals surface area contributed by atoms with Gasteiger partial charge in [-0.3, -0.25) is 14.4 Å². The predicted octanol–water partition coefficient (Wildman–Crippen LogP) is 22.4. The van der Waals surface area contributed by atoms with Crippen molar-refractivity contribution in [2.75, 3.05) is 13.2 Å². The predicted molar refractivity (Wildman–Crippen MR) is 321 cm³/mol. The standard InChI is InChI=1S/C68H126O6/c1-4-7-10-13-16-19-22-25-28-30-31-32-33-34-35-36-37-39-40-43-46-49-52-55-58-61-67(70)73-64-65(63-72-66(69)60-57-54-51-48-45-42-27-24-21-18-15-12-9-6-3)74-68(71)62-59-56-53-50-47-44-41-38-29-26-23-20-17-14-11-8-5-2/h24,26-27,29-31,65H,4-23,25,28,32-64H2,1-3H3/b27-24-,29-26-,31-30-. The number of rotatable bonds is 61. The number of esters is 3. The van der Waals surface area contributed by atoms with E-state index in [-0.39, 0.29) is 31.1 Å². The Kier molecular flexibility index (Phi) is 61.1. The van der Waals surface area contributed by atoms with Crippen molar-refractivity contribution in [3.8, 4) is 0 Å². The zero-order valence-electron chi connectivity index (χ0n) is 49.9. The molecule has 0 rings (SSSR count). The Morgan fingerprint density at radius 3 is 0.676 bits per heavy atom. The minimum absolute atomic E-state index is 0.0732. The quantitative estimate of drug-likeness (QED) is 0.0261. The molecule has 0 aromatic heterocycles. The second-order valence-corrected chi connectivity index (χ2v) is 22.4. The van der Waals surface area contributed by atoms with Crippen LogP contribution in [0, 0.1) is 0 Å². The topological polar surface area (TPSA) is 78.9 Å². The van der Waals surface area contributed by atoms with Crippen LogP contribution in [-0.4, -0.2) is 37.2 Å². The summed E-state index contributed by atoms with van der Waals surface area (Å²) in [6.07, 6.45) is 77.3. The Morgan fingerprint density at radius 2 is 0.446 bits per heavy atom. The maximum absolute atomic E-state index is 12.9. The Morgan fingerprint density at radius 1 is 0.257 bits per heavy atom. The van der Waals surface area contributed by atoms with E-state index >= 15 is 0 Å². The van der Waals surface area contributed by atoms with E-state index in [1.54, 1.807) is 0 Å². The molecule has 0 aliphatic heterocycles. The molecule has 434 valence electrons. The maximum atomic E-state index is 12.9. The lowest BCUT2D eigenvalue weighted by atomic mass is 10.0. The Balaban J connectivity index is 4.26. The van der Waals surface area contributed by atoms with Gasteiger partial charge in [0.05, 0.1) is 0 Å². The third-order valence-corrected chi connectivity index (χ3v) is 14.8. The third kappa shape index (κ3) is 60.5. The number of ether oxygens (including phenoxy) is 3. The Hall–Kier alpha value is -2.37. The molecule has 0 aromatic rings. The highest BCUT2D eigenvalue weighted by atomic mass is 16.6. The van der Waals surface area contributed by atoms with Gasteiger partial charge in [0.25, 0.3) is 0 Å². The average Bonchev–Trinajstić information content (AvgIpc) is 3.40. The van der Waals surface area contributed by atoms with Crippen molar-refractivity contribution in [2.45, 2.75) is 367 Å². The third-order valence-electron chi connectivity index (χ3n) is 14.8. The van der Waals surface area contributed by atoms with Gasteiger partial charge in [-0.2, -0.15) is 0 Å². The van der Waals surface area contributed by atoms with Gasteiger partial charge in [-0.1, -0.05) is 282 Å². The monoisotopic (exact) mass is 1040 g/mol. The molecular formula is C68H126O6. The summed E-state index contributed by atoms with van der Waals surface area (Å²) in [6, 6.07) is 0. The highest BCUT2D eigenvalue weighted by Gasteiger charge is 2.19. The summed E-state index contributed by atoms with van der Waals surface area (Å²) in [4.78, 5) is 38.3. The molecule has 6 nitrogen and oxygen atoms in total. The van der Waals surface area contributed by atoms with Crippen LogP contribution < -0.4 is 0 Å². The van der Waals surface area contributed by atoms with Crippen LogP contribution in [-0.2, 0) is 28.6 Å². The van der Waals surface area contributed by atoms with E-state index in [2.05, 4.69) is 57.2 Å². The lowest BCUT2D eigenvalue weighted by Crippen LogP contribution is -2.30. The first-order chi connectivity index (χ1) is 36.5. The lowest BCUT2D eigenvalue weighted by molar-refractivity contribution is -0.167. The Labute approximate surface area is 461 Å². The summed E-state index contributed by atoms with van der Waals surface area (Å²) in [6.45, 7) is 6.67. The molecule has 1 unspecified atom stereocenters. The van der Waals surface area contributed by atoms with Crippen molar-refractivity contribution in [3.05, 3.63) is 36.5 Å². The van der Waals surface area contributed by atoms with Crippen LogP contribution in [0.25, 0.3) is 0 Å². The minimum atomic E-state index is -0.777. The van der Waals surface area contributed by atoms with E-state index in [1.807, 2.05) is 0 Å². The SMILES string of the molecule is CCCCCCC/C=C\CCCCCCCC(=O)OCC(COC(=O)CCCCCCCCCCCCCCC/C=C\CCCCCCCCCC)OC(=O)CCCCCCCCC/C=C\CCCCCCCC. The highest BCUT2D eigenvalue weighted by Crippen LogP contribution is 2.17. The van der Waals surface area contributed by atoms with Crippen LogP contribution in [0.5, 0.6) is 0 Å². The molecule has 0 fully saturated rings. The molecule has 0 aliphatic carbocycles. The molecule has 0 radical (unpaired) electrons. The van der Waals surface area contributed by atoms with Crippen LogP contribution in [0.2, 0.25) is 0 Å². The molecule has 0 heterocycles. The van der Waals surface area contributed by atoms with Crippen molar-refractivity contribution >= 4 is 17.9 Å². The molecule has 0 N–H and O–H groups in total. The molecule has 0 saturated carbocycles. The fourth-order valence-corrected chi connectivity index (χ4v) is 9.84. The summed E-state index contributed by atoms with van der Waals surface area (Å²) in [5, 5.41) is 0. The van der Waals surface area contributed by atoms with E-state index < -0.39 is 6.10 Å². The normalized spacial score (nSPS) is 12.2. The van der Waals surface area contributed by atoms with Gasteiger partial charge in [0.1, 0.15) is 13.2 Å². The van der Waals surface area contributed by atoms with Crippen molar-refractivity contribution in [3.63, 3.8) is 0 Å². The average molecular weight is 1040 g/mol. The van der Waals surface area contributed by atoms with E-state index in [9.17, 15) is 14.4 Å². The minimum Gasteiger partial charge on any atom is -0.462 e. The largest absolute Gasteiger partial charge is 0.462 e. The summed E-state index contributed by atoms with van der Waals surface area (Å²) in [7, 11) is 0. The molecule has 0 aromatic carbocycles. The van der Waals surface area contributed by atoms with Gasteiger partial charge in [0.2, 0.25) is 0 Å². The van der Waals surface area contributed by atoms with Crippen LogP contribution in [0.1, 0.15) is 361 Å². The molecule has 6 heteroatoms. The van der Waals surface area contributed by atoms with E-state index in [0.29, 0.717) is 19.3 Å². The highest BCUT2D eigenvalue weighted by molar-refractivity contribution is 5.71. The second-order valence-electron chi connectivity index (χ2n) is 22.4. The number of hydrogen-bond donors (Lipinski definition) is 0. The van der Waals surface area contributed by atoms with Gasteiger partial charge >= 0.3 is 17.9 Å². The van der Waals surface area contributed by atoms with Gasteiger partial charge in [-0.25, -0.2) is 0 Å². The molecule has 74 heavy (non-hydrogen) atoms. The summed E-state index contributed by atoms with van der Waals surface area (Å²) in [5.74, 6) is -0.864. The maximum Gasteiger partial charge on any atom is 0.306 e. The van der Waals surface area contributed by atoms with Crippen molar-refractivity contribution < 1.29 is 28.6 Å². The van der Waals surface area contributed by atoms with E-state index in [1.165, 1.54) is 257 Å². The Bertz CT molecular complexity index is 1240. The molecule has 1 atom stereocenters. The number of carbonyl (C=O) groups is 3. The first-order valence-corrected chi connectivity index (χ1v) is 33.0. The molecule has 0 saturated heterocycles. The molecular weight excluding hydrogens is 913 g/mol. The summed E-state index contributed by atoms with van der Waals surface area (Å²) >= 11 is 0. The smallest absolute Gasteiger partial charge is 0.306 e.